The first-order valence-electron chi connectivity index (χ1n) is 10.1. The number of benzene rings is 1. The lowest BCUT2D eigenvalue weighted by Gasteiger charge is -2.18. The van der Waals surface area contributed by atoms with Crippen LogP contribution in [0, 0.1) is 6.92 Å². The fourth-order valence-corrected chi connectivity index (χ4v) is 3.69. The van der Waals surface area contributed by atoms with Gasteiger partial charge >= 0.3 is 0 Å². The molecule has 6 nitrogen and oxygen atoms in total. The van der Waals surface area contributed by atoms with Crippen molar-refractivity contribution in [3.05, 3.63) is 69.9 Å². The molecule has 2 aromatic heterocycles. The fourth-order valence-electron chi connectivity index (χ4n) is 2.98. The molecule has 1 aromatic carbocycles. The molecule has 0 bridgehead atoms. The highest BCUT2D eigenvalue weighted by Crippen LogP contribution is 2.08. The lowest BCUT2D eigenvalue weighted by molar-refractivity contribution is 0.591. The summed E-state index contributed by atoms with van der Waals surface area (Å²) in [6.07, 6.45) is 3.07. The fraction of sp³-hybridized carbons (Fsp3) is 0.409. The number of rotatable bonds is 9. The van der Waals surface area contributed by atoms with Gasteiger partial charge in [-0.05, 0) is 50.1 Å². The second-order valence-corrected chi connectivity index (χ2v) is 8.25. The van der Waals surface area contributed by atoms with E-state index < -0.39 is 0 Å². The van der Waals surface area contributed by atoms with Crippen LogP contribution in [0.4, 0.5) is 0 Å². The van der Waals surface area contributed by atoms with Crippen LogP contribution in [0.2, 0.25) is 0 Å². The molecule has 29 heavy (non-hydrogen) atoms. The summed E-state index contributed by atoms with van der Waals surface area (Å²) in [7, 11) is 1.97. The predicted molar refractivity (Wildman–Crippen MR) is 120 cm³/mol. The van der Waals surface area contributed by atoms with Crippen LogP contribution in [-0.2, 0) is 26.4 Å². The van der Waals surface area contributed by atoms with Gasteiger partial charge in [-0.15, -0.1) is 21.5 Å². The van der Waals surface area contributed by atoms with Crippen molar-refractivity contribution < 1.29 is 0 Å². The van der Waals surface area contributed by atoms with Gasteiger partial charge in [-0.25, -0.2) is 4.99 Å². The first kappa shape index (κ1) is 21.0. The third-order valence-electron chi connectivity index (χ3n) is 4.90. The largest absolute Gasteiger partial charge is 0.356 e. The number of guanidine groups is 1. The minimum Gasteiger partial charge on any atom is -0.356 e. The minimum atomic E-state index is 0.310. The van der Waals surface area contributed by atoms with E-state index in [9.17, 15) is 0 Å². The van der Waals surface area contributed by atoms with Crippen molar-refractivity contribution in [3.63, 3.8) is 0 Å². The maximum absolute atomic E-state index is 4.76. The molecule has 0 saturated heterocycles. The smallest absolute Gasteiger partial charge is 0.191 e. The maximum atomic E-state index is 4.76. The molecule has 0 fully saturated rings. The van der Waals surface area contributed by atoms with Crippen LogP contribution in [0.5, 0.6) is 0 Å². The lowest BCUT2D eigenvalue weighted by atomic mass is 10.1. The van der Waals surface area contributed by atoms with E-state index in [0.29, 0.717) is 12.6 Å². The number of nitrogens with one attached hydrogen (secondary N) is 2. The number of aliphatic imine (C=N–C) groups is 1. The number of hydrogen-bond acceptors (Lipinski definition) is 4. The summed E-state index contributed by atoms with van der Waals surface area (Å²) in [5.74, 6) is 2.58. The summed E-state index contributed by atoms with van der Waals surface area (Å²) in [6, 6.07) is 15.2. The molecule has 3 rings (SSSR count). The molecule has 2 N–H and O–H groups in total. The van der Waals surface area contributed by atoms with E-state index in [1.807, 2.05) is 18.5 Å². The van der Waals surface area contributed by atoms with E-state index in [2.05, 4.69) is 75.6 Å². The van der Waals surface area contributed by atoms with Crippen molar-refractivity contribution in [1.82, 2.24) is 25.4 Å². The highest BCUT2D eigenvalue weighted by molar-refractivity contribution is 7.09. The molecule has 2 heterocycles. The van der Waals surface area contributed by atoms with E-state index in [1.165, 1.54) is 10.4 Å². The van der Waals surface area contributed by atoms with E-state index in [-0.39, 0.29) is 0 Å². The second kappa shape index (κ2) is 10.8. The van der Waals surface area contributed by atoms with Gasteiger partial charge in [0.1, 0.15) is 12.4 Å². The van der Waals surface area contributed by atoms with Crippen LogP contribution in [0.25, 0.3) is 0 Å². The average molecular weight is 411 g/mol. The van der Waals surface area contributed by atoms with Gasteiger partial charge in [-0.3, -0.25) is 0 Å². The van der Waals surface area contributed by atoms with E-state index in [0.717, 1.165) is 43.4 Å². The Kier molecular flexibility index (Phi) is 7.81. The Labute approximate surface area is 177 Å². The van der Waals surface area contributed by atoms with Crippen LogP contribution in [-0.4, -0.2) is 33.3 Å². The summed E-state index contributed by atoms with van der Waals surface area (Å²) >= 11 is 1.79. The van der Waals surface area contributed by atoms with Gasteiger partial charge in [0.05, 0.1) is 0 Å². The summed E-state index contributed by atoms with van der Waals surface area (Å²) < 4.78 is 1.98. The molecule has 1 atom stereocenters. The molecular weight excluding hydrogens is 380 g/mol. The summed E-state index contributed by atoms with van der Waals surface area (Å²) in [5, 5.41) is 17.5. The highest BCUT2D eigenvalue weighted by Gasteiger charge is 2.09. The molecule has 0 spiro atoms. The Bertz CT molecular complexity index is 885. The monoisotopic (exact) mass is 410 g/mol. The Morgan fingerprint density at radius 3 is 2.66 bits per heavy atom. The normalized spacial score (nSPS) is 12.7. The van der Waals surface area contributed by atoms with Crippen LogP contribution < -0.4 is 10.6 Å². The molecule has 154 valence electrons. The van der Waals surface area contributed by atoms with E-state index in [4.69, 9.17) is 4.99 Å². The Hall–Kier alpha value is -2.67. The number of nitrogens with zero attached hydrogens (tertiary/aromatic N) is 4. The molecule has 0 saturated carbocycles. The Morgan fingerprint density at radius 2 is 1.97 bits per heavy atom. The number of hydrogen-bond donors (Lipinski definition) is 2. The molecular formula is C22H30N6S. The lowest BCUT2D eigenvalue weighted by Crippen LogP contribution is -2.43. The van der Waals surface area contributed by atoms with E-state index in [1.54, 1.807) is 11.3 Å². The molecule has 0 aliphatic rings. The summed E-state index contributed by atoms with van der Waals surface area (Å²) in [4.78, 5) is 6.13. The Balaban J connectivity index is 1.57. The van der Waals surface area contributed by atoms with Crippen LogP contribution >= 0.6 is 11.3 Å². The van der Waals surface area contributed by atoms with Crippen molar-refractivity contribution >= 4 is 17.3 Å². The molecule has 1 unspecified atom stereocenters. The molecule has 0 aliphatic carbocycles. The molecule has 7 heteroatoms. The minimum absolute atomic E-state index is 0.310. The second-order valence-electron chi connectivity index (χ2n) is 7.21. The molecule has 0 amide bonds. The van der Waals surface area contributed by atoms with Gasteiger partial charge in [0.25, 0.3) is 0 Å². The first-order valence-corrected chi connectivity index (χ1v) is 11.0. The van der Waals surface area contributed by atoms with Gasteiger partial charge < -0.3 is 15.2 Å². The number of aromatic nitrogens is 3. The Morgan fingerprint density at radius 1 is 1.14 bits per heavy atom. The average Bonchev–Trinajstić information content (AvgIpc) is 3.36. The number of thiophene rings is 1. The SMILES string of the molecule is Cc1nnc(CN=C(NCCc2cccs2)NC(C)CCc2ccccc2)n1C. The van der Waals surface area contributed by atoms with Gasteiger partial charge in [-0.2, -0.15) is 0 Å². The molecule has 0 radical (unpaired) electrons. The third-order valence-corrected chi connectivity index (χ3v) is 5.83. The van der Waals surface area contributed by atoms with E-state index >= 15 is 0 Å². The van der Waals surface area contributed by atoms with Crippen LogP contribution in [0.1, 0.15) is 35.4 Å². The summed E-state index contributed by atoms with van der Waals surface area (Å²) in [6.45, 7) is 5.49. The van der Waals surface area contributed by atoms with Crippen molar-refractivity contribution in [2.24, 2.45) is 12.0 Å². The zero-order valence-electron chi connectivity index (χ0n) is 17.4. The molecule has 3 aromatic rings. The zero-order valence-corrected chi connectivity index (χ0v) is 18.2. The topological polar surface area (TPSA) is 67.1 Å². The first-order chi connectivity index (χ1) is 14.1. The van der Waals surface area contributed by atoms with Crippen molar-refractivity contribution in [1.29, 1.82) is 0 Å². The summed E-state index contributed by atoms with van der Waals surface area (Å²) in [5.41, 5.74) is 1.36. The van der Waals surface area contributed by atoms with Crippen LogP contribution in [0.15, 0.2) is 52.8 Å². The quantitative estimate of drug-likeness (QED) is 0.419. The van der Waals surface area contributed by atoms with Crippen molar-refractivity contribution in [2.75, 3.05) is 6.54 Å². The third kappa shape index (κ3) is 6.71. The molecule has 0 aliphatic heterocycles. The number of aryl methyl sites for hydroxylation is 2. The highest BCUT2D eigenvalue weighted by atomic mass is 32.1. The van der Waals surface area contributed by atoms with Crippen molar-refractivity contribution in [3.8, 4) is 0 Å². The standard InChI is InChI=1S/C22H30N6S/c1-17(11-12-19-8-5-4-6-9-19)25-22(23-14-13-20-10-7-15-29-20)24-16-21-27-26-18(2)28(21)3/h4-10,15,17H,11-14,16H2,1-3H3,(H2,23,24,25). The van der Waals surface area contributed by atoms with Gasteiger partial charge in [0.2, 0.25) is 0 Å². The van der Waals surface area contributed by atoms with Crippen LogP contribution in [0.3, 0.4) is 0 Å². The van der Waals surface area contributed by atoms with Crippen molar-refractivity contribution in [2.45, 2.75) is 45.7 Å². The van der Waals surface area contributed by atoms with Gasteiger partial charge in [0.15, 0.2) is 11.8 Å². The maximum Gasteiger partial charge on any atom is 0.191 e. The van der Waals surface area contributed by atoms with Gasteiger partial charge in [-0.1, -0.05) is 36.4 Å². The van der Waals surface area contributed by atoms with Gasteiger partial charge in [0, 0.05) is 24.5 Å². The predicted octanol–water partition coefficient (Wildman–Crippen LogP) is 3.48. The zero-order chi connectivity index (χ0) is 20.5.